The van der Waals surface area contributed by atoms with Gasteiger partial charge in [0.15, 0.2) is 5.79 Å². The van der Waals surface area contributed by atoms with Gasteiger partial charge in [0.2, 0.25) is 5.91 Å². The molecule has 1 spiro atoms. The maximum atomic E-state index is 12.9. The van der Waals surface area contributed by atoms with Gasteiger partial charge in [0.1, 0.15) is 5.69 Å². The molecular formula is C20H24F3N3O5. The highest BCUT2D eigenvalue weighted by Gasteiger charge is 2.42. The van der Waals surface area contributed by atoms with E-state index in [2.05, 4.69) is 0 Å². The zero-order valence-electron chi connectivity index (χ0n) is 16.9. The smallest absolute Gasteiger partial charge is 0.366 e. The van der Waals surface area contributed by atoms with Crippen molar-refractivity contribution in [1.82, 2.24) is 4.90 Å². The highest BCUT2D eigenvalue weighted by atomic mass is 19.4. The van der Waals surface area contributed by atoms with Crippen LogP contribution in [-0.4, -0.2) is 60.9 Å². The molecular weight excluding hydrogens is 419 g/mol. The molecule has 0 saturated carbocycles. The standard InChI is InChI=1S/C20H24F3N3O5/c21-20(22,23)15-1-2-16(17(13-15)26(28)29)24-7-3-14(4-8-24)18(27)25-9-5-19(6-10-25)30-11-12-31-19/h1-2,13-14H,3-12H2. The van der Waals surface area contributed by atoms with Crippen molar-refractivity contribution in [3.63, 3.8) is 0 Å². The second-order valence-corrected chi connectivity index (χ2v) is 8.15. The summed E-state index contributed by atoms with van der Waals surface area (Å²) in [6.07, 6.45) is -2.40. The average molecular weight is 443 g/mol. The Balaban J connectivity index is 1.37. The Morgan fingerprint density at radius 3 is 2.26 bits per heavy atom. The number of benzene rings is 1. The first kappa shape index (κ1) is 21.8. The van der Waals surface area contributed by atoms with Crippen molar-refractivity contribution in [2.75, 3.05) is 44.3 Å². The van der Waals surface area contributed by atoms with E-state index in [-0.39, 0.29) is 17.5 Å². The number of alkyl halides is 3. The zero-order chi connectivity index (χ0) is 22.2. The summed E-state index contributed by atoms with van der Waals surface area (Å²) >= 11 is 0. The topological polar surface area (TPSA) is 85.2 Å². The molecule has 1 aromatic rings. The van der Waals surface area contributed by atoms with Crippen LogP contribution in [0.1, 0.15) is 31.2 Å². The minimum Gasteiger partial charge on any atom is -0.366 e. The molecule has 3 heterocycles. The first-order valence-corrected chi connectivity index (χ1v) is 10.4. The SMILES string of the molecule is O=C(C1CCN(c2ccc(C(F)(F)F)cc2[N+](=O)[O-])CC1)N1CCC2(CC1)OCCO2. The van der Waals surface area contributed by atoms with Crippen molar-refractivity contribution in [3.05, 3.63) is 33.9 Å². The lowest BCUT2D eigenvalue weighted by atomic mass is 9.93. The highest BCUT2D eigenvalue weighted by molar-refractivity contribution is 5.79. The fourth-order valence-corrected chi connectivity index (χ4v) is 4.59. The normalized spacial score (nSPS) is 22.2. The monoisotopic (exact) mass is 443 g/mol. The van der Waals surface area contributed by atoms with E-state index in [0.717, 1.165) is 12.1 Å². The molecule has 1 amide bonds. The molecule has 8 nitrogen and oxygen atoms in total. The number of nitro benzene ring substituents is 1. The van der Waals surface area contributed by atoms with E-state index >= 15 is 0 Å². The molecule has 0 aliphatic carbocycles. The summed E-state index contributed by atoms with van der Waals surface area (Å²) in [6.45, 7) is 3.00. The van der Waals surface area contributed by atoms with Gasteiger partial charge < -0.3 is 19.3 Å². The van der Waals surface area contributed by atoms with Crippen LogP contribution >= 0.6 is 0 Å². The van der Waals surface area contributed by atoms with Gasteiger partial charge in [-0.05, 0) is 25.0 Å². The van der Waals surface area contributed by atoms with Crippen molar-refractivity contribution < 1.29 is 32.4 Å². The van der Waals surface area contributed by atoms with Crippen LogP contribution in [0.4, 0.5) is 24.5 Å². The predicted molar refractivity (Wildman–Crippen MR) is 103 cm³/mol. The number of ether oxygens (including phenoxy) is 2. The number of nitro groups is 1. The van der Waals surface area contributed by atoms with Gasteiger partial charge in [0.05, 0.1) is 23.7 Å². The summed E-state index contributed by atoms with van der Waals surface area (Å²) in [6, 6.07) is 2.58. The van der Waals surface area contributed by atoms with Crippen LogP contribution in [0.15, 0.2) is 18.2 Å². The molecule has 0 aromatic heterocycles. The van der Waals surface area contributed by atoms with Gasteiger partial charge in [-0.1, -0.05) is 0 Å². The van der Waals surface area contributed by atoms with Crippen molar-refractivity contribution in [1.29, 1.82) is 0 Å². The van der Waals surface area contributed by atoms with E-state index in [9.17, 15) is 28.1 Å². The molecule has 31 heavy (non-hydrogen) atoms. The van der Waals surface area contributed by atoms with E-state index in [1.807, 2.05) is 4.90 Å². The predicted octanol–water partition coefficient (Wildman–Crippen LogP) is 3.20. The quantitative estimate of drug-likeness (QED) is 0.527. The van der Waals surface area contributed by atoms with Crippen LogP contribution in [0.3, 0.4) is 0 Å². The third kappa shape index (κ3) is 4.47. The molecule has 1 aromatic carbocycles. The Hall–Kier alpha value is -2.40. The fourth-order valence-electron chi connectivity index (χ4n) is 4.59. The third-order valence-electron chi connectivity index (χ3n) is 6.33. The lowest BCUT2D eigenvalue weighted by molar-refractivity contribution is -0.384. The van der Waals surface area contributed by atoms with Crippen LogP contribution in [0.5, 0.6) is 0 Å². The number of carbonyl (C=O) groups excluding carboxylic acids is 1. The van der Waals surface area contributed by atoms with E-state index < -0.39 is 28.1 Å². The largest absolute Gasteiger partial charge is 0.416 e. The van der Waals surface area contributed by atoms with Gasteiger partial charge in [0, 0.05) is 51.0 Å². The first-order valence-electron chi connectivity index (χ1n) is 10.4. The number of hydrogen-bond acceptors (Lipinski definition) is 6. The Morgan fingerprint density at radius 2 is 1.71 bits per heavy atom. The van der Waals surface area contributed by atoms with E-state index in [1.165, 1.54) is 0 Å². The van der Waals surface area contributed by atoms with E-state index in [4.69, 9.17) is 9.47 Å². The maximum absolute atomic E-state index is 12.9. The highest BCUT2D eigenvalue weighted by Crippen LogP contribution is 2.38. The van der Waals surface area contributed by atoms with Crippen molar-refractivity contribution >= 4 is 17.3 Å². The summed E-state index contributed by atoms with van der Waals surface area (Å²) < 4.78 is 50.1. The summed E-state index contributed by atoms with van der Waals surface area (Å²) in [5.41, 5.74) is -1.47. The molecule has 3 saturated heterocycles. The van der Waals surface area contributed by atoms with Gasteiger partial charge in [-0.25, -0.2) is 0 Å². The van der Waals surface area contributed by atoms with Crippen LogP contribution in [0, 0.1) is 16.0 Å². The number of carbonyl (C=O) groups is 1. The molecule has 0 unspecified atom stereocenters. The molecule has 11 heteroatoms. The van der Waals surface area contributed by atoms with Crippen LogP contribution in [0.25, 0.3) is 0 Å². The Kier molecular flexibility index (Phi) is 5.82. The van der Waals surface area contributed by atoms with Crippen molar-refractivity contribution in [2.24, 2.45) is 5.92 Å². The second-order valence-electron chi connectivity index (χ2n) is 8.15. The van der Waals surface area contributed by atoms with E-state index in [1.54, 1.807) is 4.90 Å². The molecule has 170 valence electrons. The van der Waals surface area contributed by atoms with Crippen LogP contribution in [-0.2, 0) is 20.4 Å². The van der Waals surface area contributed by atoms with Gasteiger partial charge >= 0.3 is 6.18 Å². The molecule has 0 radical (unpaired) electrons. The molecule has 3 fully saturated rings. The van der Waals surface area contributed by atoms with Gasteiger partial charge in [-0.15, -0.1) is 0 Å². The molecule has 3 aliphatic heterocycles. The number of likely N-dealkylation sites (tertiary alicyclic amines) is 1. The minimum atomic E-state index is -4.65. The maximum Gasteiger partial charge on any atom is 0.416 e. The van der Waals surface area contributed by atoms with Crippen molar-refractivity contribution in [3.8, 4) is 0 Å². The molecule has 3 aliphatic rings. The molecule has 0 atom stereocenters. The summed E-state index contributed by atoms with van der Waals surface area (Å²) in [4.78, 5) is 27.0. The van der Waals surface area contributed by atoms with E-state index in [0.29, 0.717) is 71.1 Å². The average Bonchev–Trinajstić information content (AvgIpc) is 3.20. The Morgan fingerprint density at radius 1 is 1.10 bits per heavy atom. The molecule has 4 rings (SSSR count). The van der Waals surface area contributed by atoms with Crippen LogP contribution < -0.4 is 4.90 Å². The summed E-state index contributed by atoms with van der Waals surface area (Å²) in [7, 11) is 0. The third-order valence-corrected chi connectivity index (χ3v) is 6.33. The fraction of sp³-hybridized carbons (Fsp3) is 0.650. The molecule has 0 bridgehead atoms. The Labute approximate surface area is 177 Å². The summed E-state index contributed by atoms with van der Waals surface area (Å²) in [5.74, 6) is -0.708. The minimum absolute atomic E-state index is 0.0504. The summed E-state index contributed by atoms with van der Waals surface area (Å²) in [5, 5.41) is 11.4. The number of anilines is 1. The van der Waals surface area contributed by atoms with Gasteiger partial charge in [-0.3, -0.25) is 14.9 Å². The lowest BCUT2D eigenvalue weighted by Crippen LogP contribution is -2.50. The lowest BCUT2D eigenvalue weighted by Gasteiger charge is -2.40. The zero-order valence-corrected chi connectivity index (χ0v) is 16.9. The second kappa shape index (κ2) is 8.27. The number of rotatable bonds is 3. The van der Waals surface area contributed by atoms with Crippen LogP contribution in [0.2, 0.25) is 0 Å². The number of piperidine rings is 2. The number of nitrogens with zero attached hydrogens (tertiary/aromatic N) is 3. The van der Waals surface area contributed by atoms with Crippen molar-refractivity contribution in [2.45, 2.75) is 37.6 Å². The number of halogens is 3. The first-order chi connectivity index (χ1) is 14.7. The van der Waals surface area contributed by atoms with Gasteiger partial charge in [-0.2, -0.15) is 13.2 Å². The Bertz CT molecular complexity index is 839. The molecule has 0 N–H and O–H groups in total. The number of amides is 1. The van der Waals surface area contributed by atoms with Gasteiger partial charge in [0.25, 0.3) is 5.69 Å². The number of hydrogen-bond donors (Lipinski definition) is 0.